The Kier molecular flexibility index (Phi) is 10.1. The van der Waals surface area contributed by atoms with Gasteiger partial charge in [0, 0.05) is 23.6 Å². The van der Waals surface area contributed by atoms with Gasteiger partial charge in [-0.2, -0.15) is 0 Å². The van der Waals surface area contributed by atoms with Crippen molar-refractivity contribution in [3.63, 3.8) is 0 Å². The molecule has 0 saturated carbocycles. The lowest BCUT2D eigenvalue weighted by atomic mass is 10.2. The average Bonchev–Trinajstić information content (AvgIpc) is 2.27. The van der Waals surface area contributed by atoms with E-state index < -0.39 is 0 Å². The molecular formula is C13H18Cl3N3. The third-order valence-corrected chi connectivity index (χ3v) is 2.33. The molecule has 0 radical (unpaired) electrons. The van der Waals surface area contributed by atoms with Crippen LogP contribution in [-0.4, -0.2) is 0 Å². The molecule has 19 heavy (non-hydrogen) atoms. The van der Waals surface area contributed by atoms with Gasteiger partial charge < -0.3 is 16.8 Å². The Morgan fingerprint density at radius 2 is 1.37 bits per heavy atom. The summed E-state index contributed by atoms with van der Waals surface area (Å²) in [6, 6.07) is 15.5. The largest absolute Gasteiger partial charge is 0.399 e. The second-order valence-corrected chi connectivity index (χ2v) is 3.72. The molecule has 2 aromatic rings. The lowest BCUT2D eigenvalue weighted by Crippen LogP contribution is -2.00. The maximum atomic E-state index is 5.70. The summed E-state index contributed by atoms with van der Waals surface area (Å²) >= 11 is 0. The summed E-state index contributed by atoms with van der Waals surface area (Å²) in [6.07, 6.45) is 0. The standard InChI is InChI=1S/C13H15N3.3ClH/c14-11-4-1-3-10(7-11)9-16-13-6-2-5-12(15)8-13;;;/h1-8,16H,9,14-15H2;3*1H. The Hall–Kier alpha value is -1.29. The van der Waals surface area contributed by atoms with Crippen LogP contribution in [0.15, 0.2) is 48.5 Å². The molecule has 0 spiro atoms. The van der Waals surface area contributed by atoms with Crippen LogP contribution >= 0.6 is 37.2 Å². The van der Waals surface area contributed by atoms with E-state index >= 15 is 0 Å². The molecule has 0 aliphatic carbocycles. The molecule has 5 N–H and O–H groups in total. The van der Waals surface area contributed by atoms with E-state index in [0.717, 1.165) is 29.2 Å². The molecule has 0 saturated heterocycles. The first-order valence-corrected chi connectivity index (χ1v) is 5.18. The average molecular weight is 323 g/mol. The predicted molar refractivity (Wildman–Crippen MR) is 90.8 cm³/mol. The van der Waals surface area contributed by atoms with E-state index in [1.165, 1.54) is 0 Å². The number of rotatable bonds is 3. The summed E-state index contributed by atoms with van der Waals surface area (Å²) in [6.45, 7) is 0.745. The molecule has 0 fully saturated rings. The van der Waals surface area contributed by atoms with Crippen LogP contribution in [0, 0.1) is 0 Å². The van der Waals surface area contributed by atoms with Crippen LogP contribution in [0.25, 0.3) is 0 Å². The van der Waals surface area contributed by atoms with E-state index in [1.807, 2.05) is 48.5 Å². The number of nitrogens with one attached hydrogen (secondary N) is 1. The number of halogens is 3. The van der Waals surface area contributed by atoms with Crippen molar-refractivity contribution < 1.29 is 0 Å². The zero-order chi connectivity index (χ0) is 11.4. The fourth-order valence-corrected chi connectivity index (χ4v) is 1.56. The molecule has 0 aromatic heterocycles. The fraction of sp³-hybridized carbons (Fsp3) is 0.0769. The van der Waals surface area contributed by atoms with Crippen LogP contribution in [0.5, 0.6) is 0 Å². The van der Waals surface area contributed by atoms with Crippen molar-refractivity contribution in [2.24, 2.45) is 0 Å². The van der Waals surface area contributed by atoms with Crippen molar-refractivity contribution >= 4 is 54.3 Å². The Labute approximate surface area is 132 Å². The summed E-state index contributed by atoms with van der Waals surface area (Å²) in [7, 11) is 0. The molecule has 0 aliphatic rings. The van der Waals surface area contributed by atoms with Gasteiger partial charge in [-0.25, -0.2) is 0 Å². The van der Waals surface area contributed by atoms with Crippen molar-refractivity contribution in [2.75, 3.05) is 16.8 Å². The minimum Gasteiger partial charge on any atom is -0.399 e. The van der Waals surface area contributed by atoms with Crippen LogP contribution in [0.1, 0.15) is 5.56 Å². The molecule has 3 nitrogen and oxygen atoms in total. The molecule has 6 heteroatoms. The summed E-state index contributed by atoms with van der Waals surface area (Å²) in [5.74, 6) is 0. The maximum Gasteiger partial charge on any atom is 0.0401 e. The van der Waals surface area contributed by atoms with E-state index in [9.17, 15) is 0 Å². The summed E-state index contributed by atoms with van der Waals surface area (Å²) in [5, 5.41) is 3.29. The highest BCUT2D eigenvalue weighted by Crippen LogP contribution is 2.14. The molecule has 2 aromatic carbocycles. The minimum absolute atomic E-state index is 0. The van der Waals surface area contributed by atoms with Gasteiger partial charge in [-0.05, 0) is 35.9 Å². The van der Waals surface area contributed by atoms with Crippen molar-refractivity contribution in [1.29, 1.82) is 0 Å². The highest BCUT2D eigenvalue weighted by molar-refractivity contribution is 5.86. The molecule has 0 aliphatic heterocycles. The van der Waals surface area contributed by atoms with Crippen LogP contribution in [0.2, 0.25) is 0 Å². The molecule has 0 bridgehead atoms. The number of benzene rings is 2. The first-order valence-electron chi connectivity index (χ1n) is 5.18. The van der Waals surface area contributed by atoms with Crippen LogP contribution in [-0.2, 0) is 6.54 Å². The van der Waals surface area contributed by atoms with E-state index in [4.69, 9.17) is 11.5 Å². The Balaban J connectivity index is 0. The molecular weight excluding hydrogens is 305 g/mol. The first kappa shape index (κ1) is 20.0. The molecule has 0 amide bonds. The third-order valence-electron chi connectivity index (χ3n) is 2.33. The Morgan fingerprint density at radius 1 is 0.789 bits per heavy atom. The second-order valence-electron chi connectivity index (χ2n) is 3.72. The van der Waals surface area contributed by atoms with E-state index in [1.54, 1.807) is 0 Å². The van der Waals surface area contributed by atoms with Gasteiger partial charge in [0.15, 0.2) is 0 Å². The van der Waals surface area contributed by atoms with Gasteiger partial charge in [-0.15, -0.1) is 37.2 Å². The lowest BCUT2D eigenvalue weighted by Gasteiger charge is -2.07. The zero-order valence-electron chi connectivity index (χ0n) is 10.2. The molecule has 0 atom stereocenters. The highest BCUT2D eigenvalue weighted by atomic mass is 35.5. The van der Waals surface area contributed by atoms with Crippen molar-refractivity contribution in [2.45, 2.75) is 6.54 Å². The Morgan fingerprint density at radius 3 is 1.95 bits per heavy atom. The maximum absolute atomic E-state index is 5.70. The van der Waals surface area contributed by atoms with E-state index in [-0.39, 0.29) is 37.2 Å². The van der Waals surface area contributed by atoms with Gasteiger partial charge in [0.05, 0.1) is 0 Å². The number of nitrogens with two attached hydrogens (primary N) is 2. The topological polar surface area (TPSA) is 64.1 Å². The number of nitrogen functional groups attached to an aromatic ring is 2. The number of anilines is 3. The number of hydrogen-bond acceptors (Lipinski definition) is 3. The van der Waals surface area contributed by atoms with Gasteiger partial charge in [-0.1, -0.05) is 18.2 Å². The highest BCUT2D eigenvalue weighted by Gasteiger charge is 1.95. The normalized spacial score (nSPS) is 8.42. The summed E-state index contributed by atoms with van der Waals surface area (Å²) < 4.78 is 0. The van der Waals surface area contributed by atoms with E-state index in [2.05, 4.69) is 5.32 Å². The third kappa shape index (κ3) is 6.43. The molecule has 0 heterocycles. The van der Waals surface area contributed by atoms with Gasteiger partial charge >= 0.3 is 0 Å². The van der Waals surface area contributed by atoms with Crippen LogP contribution in [0.3, 0.4) is 0 Å². The van der Waals surface area contributed by atoms with Crippen molar-refractivity contribution in [1.82, 2.24) is 0 Å². The van der Waals surface area contributed by atoms with Crippen molar-refractivity contribution in [3.05, 3.63) is 54.1 Å². The van der Waals surface area contributed by atoms with Gasteiger partial charge in [0.1, 0.15) is 0 Å². The first-order chi connectivity index (χ1) is 7.74. The minimum atomic E-state index is 0. The smallest absolute Gasteiger partial charge is 0.0401 e. The molecule has 2 rings (SSSR count). The number of hydrogen-bond donors (Lipinski definition) is 3. The van der Waals surface area contributed by atoms with Gasteiger partial charge in [0.2, 0.25) is 0 Å². The molecule has 106 valence electrons. The predicted octanol–water partition coefficient (Wildman–Crippen LogP) is 3.73. The Bertz CT molecular complexity index is 447. The van der Waals surface area contributed by atoms with Gasteiger partial charge in [0.25, 0.3) is 0 Å². The van der Waals surface area contributed by atoms with Gasteiger partial charge in [-0.3, -0.25) is 0 Å². The van der Waals surface area contributed by atoms with E-state index in [0.29, 0.717) is 0 Å². The summed E-state index contributed by atoms with van der Waals surface area (Å²) in [4.78, 5) is 0. The monoisotopic (exact) mass is 321 g/mol. The van der Waals surface area contributed by atoms with Crippen LogP contribution in [0.4, 0.5) is 17.1 Å². The van der Waals surface area contributed by atoms with Crippen LogP contribution < -0.4 is 16.8 Å². The summed E-state index contributed by atoms with van der Waals surface area (Å²) in [5.41, 5.74) is 15.1. The SMILES string of the molecule is Cl.Cl.Cl.Nc1cccc(CNc2cccc(N)c2)c1. The zero-order valence-corrected chi connectivity index (χ0v) is 12.7. The molecule has 0 unspecified atom stereocenters. The fourth-order valence-electron chi connectivity index (χ4n) is 1.56. The lowest BCUT2D eigenvalue weighted by molar-refractivity contribution is 1.15. The van der Waals surface area contributed by atoms with Crippen molar-refractivity contribution in [3.8, 4) is 0 Å². The quantitative estimate of drug-likeness (QED) is 0.754. The second kappa shape index (κ2) is 9.62.